The first-order valence-electron chi connectivity index (χ1n) is 9.01. The summed E-state index contributed by atoms with van der Waals surface area (Å²) in [6.45, 7) is -4.37. The molecule has 0 radical (unpaired) electrons. The lowest BCUT2D eigenvalue weighted by molar-refractivity contribution is -0.125. The Kier molecular flexibility index (Phi) is 8.81. The number of nitrogens with two attached hydrogens (primary N) is 1. The predicted octanol–water partition coefficient (Wildman–Crippen LogP) is 0.481. The van der Waals surface area contributed by atoms with Crippen molar-refractivity contribution in [2.45, 2.75) is 19.1 Å². The molecule has 31 heavy (non-hydrogen) atoms. The van der Waals surface area contributed by atoms with Crippen LogP contribution in [0.15, 0.2) is 18.2 Å². The first kappa shape index (κ1) is 24.1. The second-order valence-corrected chi connectivity index (χ2v) is 6.18. The first-order chi connectivity index (χ1) is 14.7. The van der Waals surface area contributed by atoms with Crippen LogP contribution in [0.4, 0.5) is 33.7 Å². The Labute approximate surface area is 174 Å². The van der Waals surface area contributed by atoms with Crippen LogP contribution in [0, 0.1) is 0 Å². The number of benzene rings is 1. The van der Waals surface area contributed by atoms with Crippen molar-refractivity contribution < 1.29 is 41.4 Å². The average Bonchev–Trinajstić information content (AvgIpc) is 2.71. The molecule has 10 nitrogen and oxygen atoms in total. The van der Waals surface area contributed by atoms with Crippen LogP contribution in [0.2, 0.25) is 0 Å². The third-order valence-electron chi connectivity index (χ3n) is 3.99. The third kappa shape index (κ3) is 7.25. The third-order valence-corrected chi connectivity index (χ3v) is 3.99. The maximum absolute atomic E-state index is 12.9. The number of nitrogens with zero attached hydrogens (tertiary/aromatic N) is 1. The molecule has 1 aliphatic heterocycles. The molecule has 0 spiro atoms. The van der Waals surface area contributed by atoms with Gasteiger partial charge in [-0.3, -0.25) is 9.59 Å². The summed E-state index contributed by atoms with van der Waals surface area (Å²) < 4.78 is 59.5. The van der Waals surface area contributed by atoms with Crippen LogP contribution in [0.5, 0.6) is 5.75 Å². The van der Waals surface area contributed by atoms with Gasteiger partial charge in [-0.15, -0.1) is 0 Å². The van der Waals surface area contributed by atoms with E-state index in [0.29, 0.717) is 0 Å². The van der Waals surface area contributed by atoms with Crippen molar-refractivity contribution in [1.82, 2.24) is 10.6 Å². The fourth-order valence-corrected chi connectivity index (χ4v) is 2.62. The number of amides is 4. The molecule has 1 heterocycles. The zero-order chi connectivity index (χ0) is 23.0. The highest BCUT2D eigenvalue weighted by atomic mass is 19.3. The standard InChI is InChI=1S/C17H21F4N5O5/c18-13(19)7-23-17(29)25-10(6-22)15(28)24-9-1-2-11(12(5-9)31-16(20)21)26-3-4-30-8-14(26)27/h1-2,5,10,13,16H,3-4,6-8,22H2,(H,24,28)(H2,23,25,29)/t10-/m0/s1. The van der Waals surface area contributed by atoms with E-state index >= 15 is 0 Å². The molecule has 172 valence electrons. The number of anilines is 2. The summed E-state index contributed by atoms with van der Waals surface area (Å²) in [5, 5.41) is 6.33. The maximum Gasteiger partial charge on any atom is 0.387 e. The topological polar surface area (TPSA) is 135 Å². The molecular weight excluding hydrogens is 430 g/mol. The lowest BCUT2D eigenvalue weighted by Gasteiger charge is -2.28. The normalized spacial score (nSPS) is 15.1. The Morgan fingerprint density at radius 2 is 2.00 bits per heavy atom. The molecular formula is C17H21F4N5O5. The van der Waals surface area contributed by atoms with Crippen molar-refractivity contribution in [2.24, 2.45) is 5.73 Å². The Morgan fingerprint density at radius 3 is 2.61 bits per heavy atom. The number of hydrogen-bond acceptors (Lipinski definition) is 6. The van der Waals surface area contributed by atoms with Crippen molar-refractivity contribution in [3.63, 3.8) is 0 Å². The summed E-state index contributed by atoms with van der Waals surface area (Å²) in [7, 11) is 0. The number of carbonyl (C=O) groups excluding carboxylic acids is 3. The van der Waals surface area contributed by atoms with Gasteiger partial charge in [-0.05, 0) is 12.1 Å². The molecule has 1 aromatic rings. The van der Waals surface area contributed by atoms with E-state index in [1.807, 2.05) is 5.32 Å². The second-order valence-electron chi connectivity index (χ2n) is 6.18. The molecule has 1 atom stereocenters. The molecule has 1 saturated heterocycles. The molecule has 1 fully saturated rings. The Bertz CT molecular complexity index is 798. The number of ether oxygens (including phenoxy) is 2. The zero-order valence-electron chi connectivity index (χ0n) is 16.1. The summed E-state index contributed by atoms with van der Waals surface area (Å²) in [4.78, 5) is 37.1. The summed E-state index contributed by atoms with van der Waals surface area (Å²) in [5.74, 6) is -1.65. The molecule has 0 aliphatic carbocycles. The minimum Gasteiger partial charge on any atom is -0.433 e. The Balaban J connectivity index is 2.13. The van der Waals surface area contributed by atoms with Gasteiger partial charge < -0.3 is 36.1 Å². The van der Waals surface area contributed by atoms with Crippen LogP contribution in [-0.2, 0) is 14.3 Å². The Morgan fingerprint density at radius 1 is 1.26 bits per heavy atom. The van der Waals surface area contributed by atoms with Gasteiger partial charge >= 0.3 is 12.6 Å². The number of carbonyl (C=O) groups is 3. The van der Waals surface area contributed by atoms with E-state index in [1.165, 1.54) is 17.0 Å². The summed E-state index contributed by atoms with van der Waals surface area (Å²) in [6.07, 6.45) is -2.78. The molecule has 0 unspecified atom stereocenters. The lowest BCUT2D eigenvalue weighted by atomic mass is 10.2. The summed E-state index contributed by atoms with van der Waals surface area (Å²) in [6, 6.07) is 1.38. The molecule has 0 saturated carbocycles. The van der Waals surface area contributed by atoms with Crippen LogP contribution in [0.1, 0.15) is 0 Å². The van der Waals surface area contributed by atoms with Gasteiger partial charge in [0.2, 0.25) is 5.91 Å². The molecule has 0 aromatic heterocycles. The highest BCUT2D eigenvalue weighted by Crippen LogP contribution is 2.33. The molecule has 14 heteroatoms. The minimum atomic E-state index is -3.20. The monoisotopic (exact) mass is 451 g/mol. The molecule has 2 rings (SSSR count). The van der Waals surface area contributed by atoms with Crippen molar-refractivity contribution >= 4 is 29.2 Å². The van der Waals surface area contributed by atoms with Gasteiger partial charge in [0.05, 0.1) is 18.8 Å². The number of alkyl halides is 4. The largest absolute Gasteiger partial charge is 0.433 e. The van der Waals surface area contributed by atoms with Crippen molar-refractivity contribution in [1.29, 1.82) is 0 Å². The number of halogens is 4. The number of urea groups is 1. The van der Waals surface area contributed by atoms with E-state index in [9.17, 15) is 31.9 Å². The highest BCUT2D eigenvalue weighted by Gasteiger charge is 2.25. The molecule has 1 aromatic carbocycles. The first-order valence-corrected chi connectivity index (χ1v) is 9.01. The van der Waals surface area contributed by atoms with Crippen LogP contribution in [-0.4, -0.2) is 69.8 Å². The maximum atomic E-state index is 12.9. The van der Waals surface area contributed by atoms with Crippen LogP contribution in [0.3, 0.4) is 0 Å². The van der Waals surface area contributed by atoms with Crippen LogP contribution in [0.25, 0.3) is 0 Å². The predicted molar refractivity (Wildman–Crippen MR) is 100 cm³/mol. The van der Waals surface area contributed by atoms with Gasteiger partial charge in [-0.25, -0.2) is 13.6 Å². The number of rotatable bonds is 9. The molecule has 1 aliphatic rings. The van der Waals surface area contributed by atoms with Gasteiger partial charge in [0, 0.05) is 24.8 Å². The fraction of sp³-hybridized carbons (Fsp3) is 0.471. The lowest BCUT2D eigenvalue weighted by Crippen LogP contribution is -2.52. The van der Waals surface area contributed by atoms with E-state index in [2.05, 4.69) is 15.4 Å². The number of nitrogens with one attached hydrogen (secondary N) is 3. The fourth-order valence-electron chi connectivity index (χ4n) is 2.62. The van der Waals surface area contributed by atoms with E-state index in [0.717, 1.165) is 6.07 Å². The molecule has 5 N–H and O–H groups in total. The molecule has 0 bridgehead atoms. The smallest absolute Gasteiger partial charge is 0.387 e. The van der Waals surface area contributed by atoms with Crippen LogP contribution < -0.4 is 31.3 Å². The van der Waals surface area contributed by atoms with Crippen molar-refractivity contribution in [3.05, 3.63) is 18.2 Å². The van der Waals surface area contributed by atoms with E-state index in [1.54, 1.807) is 0 Å². The number of hydrogen-bond donors (Lipinski definition) is 4. The van der Waals surface area contributed by atoms with Gasteiger partial charge in [0.25, 0.3) is 12.3 Å². The van der Waals surface area contributed by atoms with E-state index in [-0.39, 0.29) is 43.4 Å². The van der Waals surface area contributed by atoms with Crippen molar-refractivity contribution in [2.75, 3.05) is 43.1 Å². The minimum absolute atomic E-state index is 0.0124. The summed E-state index contributed by atoms with van der Waals surface area (Å²) >= 11 is 0. The highest BCUT2D eigenvalue weighted by molar-refractivity contribution is 5.99. The Hall–Kier alpha value is -3.13. The van der Waals surface area contributed by atoms with Gasteiger partial charge in [-0.1, -0.05) is 0 Å². The van der Waals surface area contributed by atoms with E-state index < -0.39 is 43.5 Å². The quantitative estimate of drug-likeness (QED) is 0.404. The average molecular weight is 451 g/mol. The SMILES string of the molecule is NC[C@H](NC(=O)NCC(F)F)C(=O)Nc1ccc(N2CCOCC2=O)c(OC(F)F)c1. The van der Waals surface area contributed by atoms with Gasteiger partial charge in [0.1, 0.15) is 12.6 Å². The van der Waals surface area contributed by atoms with Gasteiger partial charge in [0.15, 0.2) is 5.75 Å². The van der Waals surface area contributed by atoms with Crippen LogP contribution >= 0.6 is 0 Å². The number of morpholine rings is 1. The van der Waals surface area contributed by atoms with E-state index in [4.69, 9.17) is 10.5 Å². The second kappa shape index (κ2) is 11.3. The molecule has 4 amide bonds. The van der Waals surface area contributed by atoms with Gasteiger partial charge in [-0.2, -0.15) is 8.78 Å². The van der Waals surface area contributed by atoms with Crippen molar-refractivity contribution in [3.8, 4) is 5.75 Å². The summed E-state index contributed by atoms with van der Waals surface area (Å²) in [5.41, 5.74) is 5.51. The zero-order valence-corrected chi connectivity index (χ0v) is 16.1.